The first-order valence-electron chi connectivity index (χ1n) is 7.13. The average Bonchev–Trinajstić information content (AvgIpc) is 2.90. The fourth-order valence-corrected chi connectivity index (χ4v) is 3.37. The van der Waals surface area contributed by atoms with Gasteiger partial charge in [0.2, 0.25) is 0 Å². The molecular weight excluding hydrogens is 198 g/mol. The summed E-state index contributed by atoms with van der Waals surface area (Å²) in [6.45, 7) is 7.98. The highest BCUT2D eigenvalue weighted by atomic mass is 16.5. The van der Waals surface area contributed by atoms with Crippen LogP contribution in [0.25, 0.3) is 0 Å². The molecule has 2 heterocycles. The molecule has 0 radical (unpaired) electrons. The lowest BCUT2D eigenvalue weighted by molar-refractivity contribution is 0.0836. The van der Waals surface area contributed by atoms with E-state index in [1.165, 1.54) is 32.1 Å². The predicted octanol–water partition coefficient (Wildman–Crippen LogP) is 2.97. The van der Waals surface area contributed by atoms with Gasteiger partial charge in [-0.3, -0.25) is 0 Å². The molecule has 0 aromatic heterocycles. The summed E-state index contributed by atoms with van der Waals surface area (Å²) in [5.41, 5.74) is 0. The van der Waals surface area contributed by atoms with Crippen LogP contribution >= 0.6 is 0 Å². The summed E-state index contributed by atoms with van der Waals surface area (Å²) in [5.74, 6) is 1.62. The van der Waals surface area contributed by atoms with Crippen LogP contribution in [0.1, 0.15) is 52.9 Å². The van der Waals surface area contributed by atoms with Crippen LogP contribution in [0, 0.1) is 11.8 Å². The molecule has 5 unspecified atom stereocenters. The van der Waals surface area contributed by atoms with Crippen LogP contribution in [0.2, 0.25) is 0 Å². The van der Waals surface area contributed by atoms with Gasteiger partial charge in [0.15, 0.2) is 0 Å². The zero-order valence-electron chi connectivity index (χ0n) is 11.0. The molecule has 16 heavy (non-hydrogen) atoms. The third-order valence-corrected chi connectivity index (χ3v) is 4.49. The summed E-state index contributed by atoms with van der Waals surface area (Å²) in [6, 6.07) is 0.690. The van der Waals surface area contributed by atoms with E-state index < -0.39 is 0 Å². The van der Waals surface area contributed by atoms with Crippen molar-refractivity contribution in [3.63, 3.8) is 0 Å². The molecular formula is C14H27NO. The quantitative estimate of drug-likeness (QED) is 0.750. The minimum Gasteiger partial charge on any atom is -0.375 e. The molecule has 5 atom stereocenters. The van der Waals surface area contributed by atoms with Gasteiger partial charge in [0.25, 0.3) is 0 Å². The van der Waals surface area contributed by atoms with E-state index in [1.807, 2.05) is 0 Å². The van der Waals surface area contributed by atoms with Crippen molar-refractivity contribution in [1.82, 2.24) is 5.32 Å². The van der Waals surface area contributed by atoms with Crippen LogP contribution < -0.4 is 5.32 Å². The molecule has 0 amide bonds. The third-order valence-electron chi connectivity index (χ3n) is 4.49. The Balaban J connectivity index is 1.91. The Morgan fingerprint density at radius 3 is 2.62 bits per heavy atom. The molecule has 2 heteroatoms. The molecule has 2 rings (SSSR count). The van der Waals surface area contributed by atoms with Gasteiger partial charge in [-0.15, -0.1) is 0 Å². The van der Waals surface area contributed by atoms with E-state index in [9.17, 15) is 0 Å². The Bertz CT molecular complexity index is 219. The second kappa shape index (κ2) is 5.50. The van der Waals surface area contributed by atoms with Gasteiger partial charge in [-0.25, -0.2) is 0 Å². The SMILES string of the molecule is CCNC(CC(C)CC)C1CC2CCC1O2. The summed E-state index contributed by atoms with van der Waals surface area (Å²) in [6.07, 6.45) is 7.69. The van der Waals surface area contributed by atoms with Crippen molar-refractivity contribution >= 4 is 0 Å². The van der Waals surface area contributed by atoms with E-state index in [4.69, 9.17) is 4.74 Å². The molecule has 2 bridgehead atoms. The van der Waals surface area contributed by atoms with Gasteiger partial charge in [-0.1, -0.05) is 27.2 Å². The topological polar surface area (TPSA) is 21.3 Å². The van der Waals surface area contributed by atoms with Crippen LogP contribution in [-0.2, 0) is 4.74 Å². The van der Waals surface area contributed by atoms with Gasteiger partial charge in [0.05, 0.1) is 12.2 Å². The fraction of sp³-hybridized carbons (Fsp3) is 1.00. The van der Waals surface area contributed by atoms with Gasteiger partial charge in [0.1, 0.15) is 0 Å². The number of fused-ring (bicyclic) bond motifs is 2. The Labute approximate surface area is 100 Å². The zero-order chi connectivity index (χ0) is 11.5. The molecule has 94 valence electrons. The van der Waals surface area contributed by atoms with Crippen molar-refractivity contribution in [3.05, 3.63) is 0 Å². The van der Waals surface area contributed by atoms with Gasteiger partial charge in [0, 0.05) is 12.0 Å². The number of hydrogen-bond acceptors (Lipinski definition) is 2. The van der Waals surface area contributed by atoms with E-state index in [0.29, 0.717) is 18.2 Å². The number of ether oxygens (including phenoxy) is 1. The predicted molar refractivity (Wildman–Crippen MR) is 67.5 cm³/mol. The van der Waals surface area contributed by atoms with Crippen LogP contribution in [0.15, 0.2) is 0 Å². The largest absolute Gasteiger partial charge is 0.375 e. The van der Waals surface area contributed by atoms with Gasteiger partial charge >= 0.3 is 0 Å². The van der Waals surface area contributed by atoms with Gasteiger partial charge in [-0.05, 0) is 38.1 Å². The molecule has 0 saturated carbocycles. The van der Waals surface area contributed by atoms with Crippen molar-refractivity contribution in [3.8, 4) is 0 Å². The van der Waals surface area contributed by atoms with Crippen LogP contribution in [0.4, 0.5) is 0 Å². The normalized spacial score (nSPS) is 36.6. The molecule has 0 aliphatic carbocycles. The molecule has 2 saturated heterocycles. The molecule has 2 fully saturated rings. The van der Waals surface area contributed by atoms with E-state index in [-0.39, 0.29) is 0 Å². The molecule has 0 aromatic rings. The van der Waals surface area contributed by atoms with Crippen LogP contribution in [0.3, 0.4) is 0 Å². The lowest BCUT2D eigenvalue weighted by Gasteiger charge is -2.31. The highest BCUT2D eigenvalue weighted by Gasteiger charge is 2.44. The zero-order valence-corrected chi connectivity index (χ0v) is 11.0. The molecule has 2 aliphatic rings. The molecule has 2 nitrogen and oxygen atoms in total. The second-order valence-corrected chi connectivity index (χ2v) is 5.69. The summed E-state index contributed by atoms with van der Waals surface area (Å²) < 4.78 is 5.99. The minimum atomic E-state index is 0.568. The lowest BCUT2D eigenvalue weighted by atomic mass is 9.80. The Hall–Kier alpha value is -0.0800. The minimum absolute atomic E-state index is 0.568. The number of rotatable bonds is 6. The summed E-state index contributed by atoms with van der Waals surface area (Å²) >= 11 is 0. The lowest BCUT2D eigenvalue weighted by Crippen LogP contribution is -2.41. The third kappa shape index (κ3) is 2.60. The molecule has 0 spiro atoms. The van der Waals surface area contributed by atoms with Crippen LogP contribution in [-0.4, -0.2) is 24.8 Å². The van der Waals surface area contributed by atoms with Crippen molar-refractivity contribution in [2.24, 2.45) is 11.8 Å². The van der Waals surface area contributed by atoms with Crippen LogP contribution in [0.5, 0.6) is 0 Å². The maximum atomic E-state index is 5.99. The highest BCUT2D eigenvalue weighted by molar-refractivity contribution is 4.95. The van der Waals surface area contributed by atoms with E-state index in [1.54, 1.807) is 0 Å². The number of nitrogens with one attached hydrogen (secondary N) is 1. The molecule has 2 aliphatic heterocycles. The summed E-state index contributed by atoms with van der Waals surface area (Å²) in [7, 11) is 0. The van der Waals surface area contributed by atoms with Crippen molar-refractivity contribution in [2.75, 3.05) is 6.54 Å². The number of hydrogen-bond donors (Lipinski definition) is 1. The monoisotopic (exact) mass is 225 g/mol. The smallest absolute Gasteiger partial charge is 0.0623 e. The molecule has 1 N–H and O–H groups in total. The summed E-state index contributed by atoms with van der Waals surface area (Å²) in [5, 5.41) is 3.69. The highest BCUT2D eigenvalue weighted by Crippen LogP contribution is 2.41. The van der Waals surface area contributed by atoms with E-state index in [2.05, 4.69) is 26.1 Å². The average molecular weight is 225 g/mol. The fourth-order valence-electron chi connectivity index (χ4n) is 3.37. The van der Waals surface area contributed by atoms with E-state index in [0.717, 1.165) is 18.4 Å². The van der Waals surface area contributed by atoms with Crippen molar-refractivity contribution in [2.45, 2.75) is 71.1 Å². The Morgan fingerprint density at radius 1 is 1.31 bits per heavy atom. The van der Waals surface area contributed by atoms with Gasteiger partial charge in [-0.2, -0.15) is 0 Å². The summed E-state index contributed by atoms with van der Waals surface area (Å²) in [4.78, 5) is 0. The van der Waals surface area contributed by atoms with E-state index >= 15 is 0 Å². The van der Waals surface area contributed by atoms with Crippen molar-refractivity contribution < 1.29 is 4.74 Å². The Morgan fingerprint density at radius 2 is 2.12 bits per heavy atom. The second-order valence-electron chi connectivity index (χ2n) is 5.69. The first kappa shape index (κ1) is 12.4. The Kier molecular flexibility index (Phi) is 4.26. The first-order valence-corrected chi connectivity index (χ1v) is 7.13. The first-order chi connectivity index (χ1) is 7.74. The maximum Gasteiger partial charge on any atom is 0.0623 e. The maximum absolute atomic E-state index is 5.99. The standard InChI is InChI=1S/C14H27NO/c1-4-10(3)8-13(15-5-2)12-9-11-6-7-14(12)16-11/h10-15H,4-9H2,1-3H3. The van der Waals surface area contributed by atoms with Crippen molar-refractivity contribution in [1.29, 1.82) is 0 Å². The molecule has 0 aromatic carbocycles. The van der Waals surface area contributed by atoms with Gasteiger partial charge < -0.3 is 10.1 Å².